The second-order valence-corrected chi connectivity index (χ2v) is 5.06. The predicted octanol–water partition coefficient (Wildman–Crippen LogP) is 0.436. The van der Waals surface area contributed by atoms with Crippen LogP contribution in [-0.2, 0) is 4.52 Å². The third-order valence-corrected chi connectivity index (χ3v) is 3.77. The lowest BCUT2D eigenvalue weighted by Crippen LogP contribution is -2.39. The largest absolute Gasteiger partial charge is 0.328 e. The van der Waals surface area contributed by atoms with Crippen LogP contribution < -0.4 is 5.73 Å². The summed E-state index contributed by atoms with van der Waals surface area (Å²) < 4.78 is 4.95. The van der Waals surface area contributed by atoms with E-state index >= 15 is 0 Å². The minimum absolute atomic E-state index is 0.111. The van der Waals surface area contributed by atoms with E-state index in [2.05, 4.69) is 0 Å². The molecule has 0 saturated carbocycles. The molecule has 6 heteroatoms. The molecule has 4 N–H and O–H groups in total. The van der Waals surface area contributed by atoms with E-state index in [4.69, 9.17) is 20.0 Å². The van der Waals surface area contributed by atoms with Crippen LogP contribution in [0.25, 0.3) is 0 Å². The number of hydrogen-bond donors (Lipinski definition) is 3. The number of rotatable bonds is 2. The standard InChI is InChI=1S/C6H14NO3PS/c1-4-6(10-11(8)9)2-5(7)3-12-4/h4-6,8-9H,2-3,7H2,1H3. The Morgan fingerprint density at radius 1 is 1.58 bits per heavy atom. The topological polar surface area (TPSA) is 75.7 Å². The molecule has 0 radical (unpaired) electrons. The third kappa shape index (κ3) is 3.17. The Hall–Kier alpha value is 0.620. The molecule has 0 amide bonds. The first-order chi connectivity index (χ1) is 5.59. The van der Waals surface area contributed by atoms with Crippen LogP contribution >= 0.6 is 20.4 Å². The van der Waals surface area contributed by atoms with E-state index in [9.17, 15) is 0 Å². The van der Waals surface area contributed by atoms with Crippen LogP contribution in [0.2, 0.25) is 0 Å². The van der Waals surface area contributed by atoms with Crippen molar-refractivity contribution in [1.82, 2.24) is 0 Å². The Balaban J connectivity index is 2.38. The van der Waals surface area contributed by atoms with Crippen molar-refractivity contribution in [2.45, 2.75) is 30.7 Å². The van der Waals surface area contributed by atoms with Gasteiger partial charge in [0.2, 0.25) is 0 Å². The van der Waals surface area contributed by atoms with Crippen molar-refractivity contribution in [3.8, 4) is 0 Å². The minimum atomic E-state index is -2.24. The van der Waals surface area contributed by atoms with Crippen LogP contribution in [0.4, 0.5) is 0 Å². The van der Waals surface area contributed by atoms with Crippen molar-refractivity contribution in [2.24, 2.45) is 5.73 Å². The number of hydrogen-bond acceptors (Lipinski definition) is 5. The molecule has 12 heavy (non-hydrogen) atoms. The van der Waals surface area contributed by atoms with Gasteiger partial charge in [-0.05, 0) is 6.42 Å². The first kappa shape index (κ1) is 10.7. The van der Waals surface area contributed by atoms with Crippen LogP contribution in [0, 0.1) is 0 Å². The molecule has 1 saturated heterocycles. The van der Waals surface area contributed by atoms with E-state index in [0.717, 1.165) is 5.75 Å². The van der Waals surface area contributed by atoms with Gasteiger partial charge in [0, 0.05) is 17.0 Å². The number of thioether (sulfide) groups is 1. The lowest BCUT2D eigenvalue weighted by Gasteiger charge is -2.31. The quantitative estimate of drug-likeness (QED) is 0.578. The average Bonchev–Trinajstić information content (AvgIpc) is 1.96. The number of nitrogens with two attached hydrogens (primary N) is 1. The van der Waals surface area contributed by atoms with Crippen molar-refractivity contribution in [3.63, 3.8) is 0 Å². The van der Waals surface area contributed by atoms with Gasteiger partial charge in [-0.3, -0.25) is 0 Å². The molecule has 1 fully saturated rings. The zero-order valence-electron chi connectivity index (χ0n) is 6.88. The third-order valence-electron chi connectivity index (χ3n) is 1.86. The highest BCUT2D eigenvalue weighted by molar-refractivity contribution is 8.00. The fourth-order valence-electron chi connectivity index (χ4n) is 1.19. The summed E-state index contributed by atoms with van der Waals surface area (Å²) in [4.78, 5) is 17.3. The van der Waals surface area contributed by atoms with Gasteiger partial charge in [0.05, 0.1) is 6.10 Å². The molecule has 72 valence electrons. The molecule has 0 aromatic carbocycles. The summed E-state index contributed by atoms with van der Waals surface area (Å²) in [6, 6.07) is 0.117. The summed E-state index contributed by atoms with van der Waals surface area (Å²) in [6.07, 6.45) is 0.605. The molecule has 4 nitrogen and oxygen atoms in total. The van der Waals surface area contributed by atoms with Crippen LogP contribution in [0.5, 0.6) is 0 Å². The molecule has 1 aliphatic rings. The van der Waals surface area contributed by atoms with E-state index in [0.29, 0.717) is 11.7 Å². The van der Waals surface area contributed by atoms with Gasteiger partial charge in [-0.1, -0.05) is 6.92 Å². The highest BCUT2D eigenvalue weighted by Crippen LogP contribution is 2.35. The smallest absolute Gasteiger partial charge is 0.327 e. The van der Waals surface area contributed by atoms with Crippen molar-refractivity contribution in [2.75, 3.05) is 5.75 Å². The molecular weight excluding hydrogens is 197 g/mol. The molecule has 0 aliphatic carbocycles. The van der Waals surface area contributed by atoms with Gasteiger partial charge in [0.25, 0.3) is 0 Å². The summed E-state index contributed by atoms with van der Waals surface area (Å²) in [5.41, 5.74) is 5.71. The fraction of sp³-hybridized carbons (Fsp3) is 1.00. The Labute approximate surface area is 77.5 Å². The van der Waals surface area contributed by atoms with Crippen LogP contribution in [0.15, 0.2) is 0 Å². The zero-order valence-corrected chi connectivity index (χ0v) is 8.59. The SMILES string of the molecule is CC1SCC(N)CC1OP(O)O. The Kier molecular flexibility index (Phi) is 4.23. The molecule has 1 aliphatic heterocycles. The summed E-state index contributed by atoms with van der Waals surface area (Å²) in [7, 11) is -2.24. The van der Waals surface area contributed by atoms with Gasteiger partial charge in [0.1, 0.15) is 0 Å². The van der Waals surface area contributed by atoms with Crippen LogP contribution in [0.1, 0.15) is 13.3 Å². The normalized spacial score (nSPS) is 37.2. The summed E-state index contributed by atoms with van der Waals surface area (Å²) in [5.74, 6) is 0.926. The molecule has 3 atom stereocenters. The van der Waals surface area contributed by atoms with E-state index < -0.39 is 8.60 Å². The van der Waals surface area contributed by atoms with E-state index in [1.54, 1.807) is 11.8 Å². The second-order valence-electron chi connectivity index (χ2n) is 2.93. The lowest BCUT2D eigenvalue weighted by atomic mass is 10.1. The summed E-state index contributed by atoms with van der Waals surface area (Å²) in [6.45, 7) is 2.01. The molecule has 0 spiro atoms. The van der Waals surface area contributed by atoms with Gasteiger partial charge >= 0.3 is 8.60 Å². The maximum absolute atomic E-state index is 8.66. The van der Waals surface area contributed by atoms with Crippen LogP contribution in [0.3, 0.4) is 0 Å². The Bertz CT molecular complexity index is 147. The highest BCUT2D eigenvalue weighted by atomic mass is 32.2. The molecule has 1 rings (SSSR count). The second kappa shape index (κ2) is 4.74. The first-order valence-corrected chi connectivity index (χ1v) is 6.03. The highest BCUT2D eigenvalue weighted by Gasteiger charge is 2.28. The van der Waals surface area contributed by atoms with E-state index in [1.807, 2.05) is 6.92 Å². The van der Waals surface area contributed by atoms with Gasteiger partial charge < -0.3 is 20.0 Å². The molecule has 3 unspecified atom stereocenters. The first-order valence-electron chi connectivity index (χ1n) is 3.81. The lowest BCUT2D eigenvalue weighted by molar-refractivity contribution is 0.154. The minimum Gasteiger partial charge on any atom is -0.328 e. The van der Waals surface area contributed by atoms with Crippen molar-refractivity contribution in [3.05, 3.63) is 0 Å². The van der Waals surface area contributed by atoms with Crippen molar-refractivity contribution in [1.29, 1.82) is 0 Å². The zero-order chi connectivity index (χ0) is 9.14. The van der Waals surface area contributed by atoms with Crippen LogP contribution in [-0.4, -0.2) is 32.9 Å². The van der Waals surface area contributed by atoms with Crippen molar-refractivity contribution < 1.29 is 14.3 Å². The molecule has 0 bridgehead atoms. The predicted molar refractivity (Wildman–Crippen MR) is 50.7 cm³/mol. The maximum atomic E-state index is 8.66. The molecular formula is C6H14NO3PS. The van der Waals surface area contributed by atoms with E-state index in [1.165, 1.54) is 0 Å². The van der Waals surface area contributed by atoms with Crippen molar-refractivity contribution >= 4 is 20.4 Å². The van der Waals surface area contributed by atoms with Gasteiger partial charge in [0.15, 0.2) is 0 Å². The van der Waals surface area contributed by atoms with E-state index in [-0.39, 0.29) is 12.1 Å². The van der Waals surface area contributed by atoms with Gasteiger partial charge in [-0.25, -0.2) is 0 Å². The molecule has 1 heterocycles. The Morgan fingerprint density at radius 2 is 2.25 bits per heavy atom. The molecule has 0 aromatic heterocycles. The maximum Gasteiger partial charge on any atom is 0.327 e. The van der Waals surface area contributed by atoms with Gasteiger partial charge in [-0.15, -0.1) is 0 Å². The van der Waals surface area contributed by atoms with Gasteiger partial charge in [-0.2, -0.15) is 11.8 Å². The monoisotopic (exact) mass is 211 g/mol. The summed E-state index contributed by atoms with van der Waals surface area (Å²) >= 11 is 1.71. The summed E-state index contributed by atoms with van der Waals surface area (Å²) in [5, 5.41) is 0.300. The molecule has 0 aromatic rings. The fourth-order valence-corrected chi connectivity index (χ4v) is 2.85. The Morgan fingerprint density at radius 3 is 2.83 bits per heavy atom. The average molecular weight is 211 g/mol.